The highest BCUT2D eigenvalue weighted by Gasteiger charge is 2.19. The predicted octanol–water partition coefficient (Wildman–Crippen LogP) is 6.19. The second-order valence-corrected chi connectivity index (χ2v) is 8.41. The monoisotopic (exact) mass is 460 g/mol. The third kappa shape index (κ3) is 6.35. The Bertz CT molecular complexity index is 1030. The van der Waals surface area contributed by atoms with E-state index in [0.29, 0.717) is 16.5 Å². The number of hydrogen-bond donors (Lipinski definition) is 1. The van der Waals surface area contributed by atoms with Crippen molar-refractivity contribution in [2.45, 2.75) is 31.7 Å². The molecule has 0 unspecified atom stereocenters. The Morgan fingerprint density at radius 3 is 2.61 bits per heavy atom. The molecule has 0 spiro atoms. The zero-order valence-electron chi connectivity index (χ0n) is 17.1. The molecule has 1 N–H and O–H groups in total. The van der Waals surface area contributed by atoms with Crippen LogP contribution in [0.25, 0.3) is 0 Å². The van der Waals surface area contributed by atoms with Gasteiger partial charge in [-0.15, -0.1) is 0 Å². The molecule has 0 fully saturated rings. The van der Waals surface area contributed by atoms with Crippen molar-refractivity contribution in [1.29, 1.82) is 0 Å². The number of hydrogen-bond acceptors (Lipinski definition) is 5. The van der Waals surface area contributed by atoms with Gasteiger partial charge in [0, 0.05) is 29.2 Å². The van der Waals surface area contributed by atoms with Crippen molar-refractivity contribution in [3.63, 3.8) is 0 Å². The first kappa shape index (κ1) is 22.9. The molecule has 0 radical (unpaired) electrons. The summed E-state index contributed by atoms with van der Waals surface area (Å²) >= 11 is 7.66. The molecule has 1 aromatic heterocycles. The molecule has 3 aromatic rings. The van der Waals surface area contributed by atoms with Gasteiger partial charge in [0.2, 0.25) is 0 Å². The maximum Gasteiger partial charge on any atom is 0.335 e. The molecule has 0 aliphatic carbocycles. The van der Waals surface area contributed by atoms with Gasteiger partial charge in [0.05, 0.1) is 17.8 Å². The lowest BCUT2D eigenvalue weighted by molar-refractivity contribution is 0.0697. The van der Waals surface area contributed by atoms with Gasteiger partial charge in [-0.2, -0.15) is 0 Å². The van der Waals surface area contributed by atoms with E-state index in [1.807, 2.05) is 31.2 Å². The average Bonchev–Trinajstić information content (AvgIpc) is 2.74. The summed E-state index contributed by atoms with van der Waals surface area (Å²) in [6.45, 7) is 3.72. The van der Waals surface area contributed by atoms with Crippen molar-refractivity contribution >= 4 is 35.2 Å². The van der Waals surface area contributed by atoms with Crippen LogP contribution in [0, 0.1) is 6.92 Å². The molecule has 1 atom stereocenters. The van der Waals surface area contributed by atoms with E-state index in [1.165, 1.54) is 31.0 Å². The maximum absolute atomic E-state index is 14.0. The smallest absolute Gasteiger partial charge is 0.335 e. The summed E-state index contributed by atoms with van der Waals surface area (Å²) in [6.07, 6.45) is 0.605. The highest BCUT2D eigenvalue weighted by Crippen LogP contribution is 2.39. The number of carboxylic acids is 1. The van der Waals surface area contributed by atoms with Crippen LogP contribution in [0.15, 0.2) is 65.8 Å². The Morgan fingerprint density at radius 1 is 1.26 bits per heavy atom. The number of alkyl halides is 1. The van der Waals surface area contributed by atoms with Crippen molar-refractivity contribution in [2.75, 3.05) is 10.8 Å². The maximum atomic E-state index is 14.0. The van der Waals surface area contributed by atoms with E-state index in [2.05, 4.69) is 4.98 Å². The number of ether oxygens (including phenoxy) is 1. The quantitative estimate of drug-likeness (QED) is 0.384. The molecule has 2 aromatic carbocycles. The van der Waals surface area contributed by atoms with Crippen LogP contribution in [0.5, 0.6) is 5.75 Å². The number of nitrogens with zero attached hydrogens (tertiary/aromatic N) is 2. The Kier molecular flexibility index (Phi) is 7.76. The molecule has 0 aliphatic rings. The number of benzene rings is 2. The van der Waals surface area contributed by atoms with Crippen LogP contribution in [-0.4, -0.2) is 28.8 Å². The minimum absolute atomic E-state index is 0.131. The van der Waals surface area contributed by atoms with Crippen LogP contribution >= 0.6 is 23.5 Å². The summed E-state index contributed by atoms with van der Waals surface area (Å²) in [5.41, 5.74) is 2.53. The summed E-state index contributed by atoms with van der Waals surface area (Å²) in [4.78, 5) is 15.4. The average molecular weight is 461 g/mol. The van der Waals surface area contributed by atoms with Crippen LogP contribution in [-0.2, 0) is 6.61 Å². The molecule has 31 heavy (non-hydrogen) atoms. The molecule has 162 valence electrons. The van der Waals surface area contributed by atoms with E-state index < -0.39 is 12.1 Å². The van der Waals surface area contributed by atoms with E-state index in [4.69, 9.17) is 21.4 Å². The van der Waals surface area contributed by atoms with Crippen molar-refractivity contribution in [1.82, 2.24) is 4.98 Å². The zero-order chi connectivity index (χ0) is 22.4. The van der Waals surface area contributed by atoms with Gasteiger partial charge in [-0.25, -0.2) is 14.2 Å². The normalized spacial score (nSPS) is 11.7. The molecule has 0 amide bonds. The minimum atomic E-state index is -1.08. The summed E-state index contributed by atoms with van der Waals surface area (Å²) in [5.74, 6) is -0.482. The number of aromatic carboxylic acids is 1. The van der Waals surface area contributed by atoms with Crippen LogP contribution in [0.1, 0.15) is 28.4 Å². The van der Waals surface area contributed by atoms with E-state index in [9.17, 15) is 9.18 Å². The minimum Gasteiger partial charge on any atom is -0.487 e. The third-order valence-corrected chi connectivity index (χ3v) is 5.76. The molecule has 1 heterocycles. The number of aryl methyl sites for hydroxylation is 1. The number of rotatable bonds is 9. The highest BCUT2D eigenvalue weighted by molar-refractivity contribution is 8.00. The zero-order valence-corrected chi connectivity index (χ0v) is 18.7. The van der Waals surface area contributed by atoms with E-state index >= 15 is 0 Å². The van der Waals surface area contributed by atoms with Gasteiger partial charge in [0.25, 0.3) is 0 Å². The van der Waals surface area contributed by atoms with Gasteiger partial charge < -0.3 is 14.1 Å². The fourth-order valence-corrected chi connectivity index (χ4v) is 3.94. The second kappa shape index (κ2) is 10.5. The first-order valence-corrected chi connectivity index (χ1v) is 10.7. The molecule has 5 nitrogen and oxygen atoms in total. The van der Waals surface area contributed by atoms with Crippen LogP contribution in [0.4, 0.5) is 10.1 Å². The number of halogens is 2. The second-order valence-electron chi connectivity index (χ2n) is 6.96. The van der Waals surface area contributed by atoms with Crippen molar-refractivity contribution in [3.05, 3.63) is 82.5 Å². The van der Waals surface area contributed by atoms with E-state index in [-0.39, 0.29) is 18.7 Å². The lowest BCUT2D eigenvalue weighted by Crippen LogP contribution is -2.23. The third-order valence-electron chi connectivity index (χ3n) is 4.36. The molecule has 0 saturated carbocycles. The molecule has 0 bridgehead atoms. The first-order valence-electron chi connectivity index (χ1n) is 9.59. The number of aromatic nitrogens is 1. The summed E-state index contributed by atoms with van der Waals surface area (Å²) in [7, 11) is 0. The van der Waals surface area contributed by atoms with Gasteiger partial charge >= 0.3 is 5.97 Å². The number of carboxylic acid groups (broad SMARTS) is 1. The van der Waals surface area contributed by atoms with Crippen molar-refractivity contribution in [3.8, 4) is 5.75 Å². The number of carbonyl (C=O) groups is 1. The summed E-state index contributed by atoms with van der Waals surface area (Å²) in [5, 5.41) is 10.3. The summed E-state index contributed by atoms with van der Waals surface area (Å²) < 4.78 is 21.8. The Labute approximate surface area is 190 Å². The first-order chi connectivity index (χ1) is 14.8. The largest absolute Gasteiger partial charge is 0.487 e. The summed E-state index contributed by atoms with van der Waals surface area (Å²) in [6, 6.07) is 15.6. The molecule has 0 saturated heterocycles. The molecule has 3 rings (SSSR count). The van der Waals surface area contributed by atoms with Gasteiger partial charge in [-0.1, -0.05) is 29.8 Å². The molecule has 8 heteroatoms. The van der Waals surface area contributed by atoms with E-state index in [1.54, 1.807) is 28.7 Å². The number of anilines is 1. The van der Waals surface area contributed by atoms with Crippen molar-refractivity contribution < 1.29 is 19.0 Å². The van der Waals surface area contributed by atoms with Crippen LogP contribution in [0.2, 0.25) is 5.02 Å². The van der Waals surface area contributed by atoms with Crippen LogP contribution in [0.3, 0.4) is 0 Å². The highest BCUT2D eigenvalue weighted by atomic mass is 35.5. The SMILES string of the molecule is Cc1cc(N(C[C@@H](C)F)Sc2ccccn2)c(OCc2ccc(C(=O)O)cc2)cc1Cl. The molecule has 0 aliphatic heterocycles. The topological polar surface area (TPSA) is 62.7 Å². The van der Waals surface area contributed by atoms with Gasteiger partial charge in [0.1, 0.15) is 23.6 Å². The van der Waals surface area contributed by atoms with Gasteiger partial charge in [-0.3, -0.25) is 0 Å². The lowest BCUT2D eigenvalue weighted by Gasteiger charge is -2.26. The molecular weight excluding hydrogens is 439 g/mol. The standard InChI is InChI=1S/C23H22ClFN2O3S/c1-15-11-20(27(13-16(2)25)31-22-5-3-4-10-26-22)21(12-19(15)24)30-14-17-6-8-18(9-7-17)23(28)29/h3-12,16H,13-14H2,1-2H3,(H,28,29)/t16-/m1/s1. The van der Waals surface area contributed by atoms with Gasteiger partial charge in [0.15, 0.2) is 0 Å². The van der Waals surface area contributed by atoms with Crippen molar-refractivity contribution in [2.24, 2.45) is 0 Å². The Morgan fingerprint density at radius 2 is 2.00 bits per heavy atom. The van der Waals surface area contributed by atoms with Gasteiger partial charge in [-0.05, 0) is 55.3 Å². The molecular formula is C23H22ClFN2O3S. The van der Waals surface area contributed by atoms with Crippen LogP contribution < -0.4 is 9.04 Å². The fourth-order valence-electron chi connectivity index (χ4n) is 2.79. The Balaban J connectivity index is 1.88. The Hall–Kier alpha value is -2.77. The predicted molar refractivity (Wildman–Crippen MR) is 122 cm³/mol. The lowest BCUT2D eigenvalue weighted by atomic mass is 10.1. The number of pyridine rings is 1. The van der Waals surface area contributed by atoms with E-state index in [0.717, 1.165) is 16.2 Å². The fraction of sp³-hybridized carbons (Fsp3) is 0.217.